The minimum atomic E-state index is -1.19. The van der Waals surface area contributed by atoms with E-state index < -0.39 is 23.0 Å². The fourth-order valence-corrected chi connectivity index (χ4v) is 3.75. The molecule has 1 aliphatic heterocycles. The summed E-state index contributed by atoms with van der Waals surface area (Å²) >= 11 is 5.69. The van der Waals surface area contributed by atoms with Crippen LogP contribution in [0.25, 0.3) is 11.4 Å². The van der Waals surface area contributed by atoms with E-state index in [1.807, 2.05) is 17.6 Å². The fraction of sp³-hybridized carbons (Fsp3) is 0.286. The molecule has 3 aromatic rings. The fourth-order valence-electron chi connectivity index (χ4n) is 3.56. The lowest BCUT2D eigenvalue weighted by Crippen LogP contribution is -2.30. The van der Waals surface area contributed by atoms with Gasteiger partial charge in [-0.25, -0.2) is 8.78 Å². The molecular weight excluding hydrogens is 414 g/mol. The molecule has 0 spiro atoms. The Morgan fingerprint density at radius 1 is 1.20 bits per heavy atom. The van der Waals surface area contributed by atoms with Gasteiger partial charge in [0.05, 0.1) is 0 Å². The maximum absolute atomic E-state index is 14.2. The summed E-state index contributed by atoms with van der Waals surface area (Å²) in [6, 6.07) is 7.43. The molecule has 0 unspecified atom stereocenters. The van der Waals surface area contributed by atoms with E-state index in [1.54, 1.807) is 26.0 Å². The van der Waals surface area contributed by atoms with Crippen LogP contribution in [0.4, 0.5) is 8.78 Å². The van der Waals surface area contributed by atoms with E-state index in [9.17, 15) is 13.6 Å². The van der Waals surface area contributed by atoms with Crippen LogP contribution in [0.5, 0.6) is 5.75 Å². The van der Waals surface area contributed by atoms with Crippen molar-refractivity contribution in [1.82, 2.24) is 20.1 Å². The third-order valence-electron chi connectivity index (χ3n) is 4.97. The summed E-state index contributed by atoms with van der Waals surface area (Å²) in [6.45, 7) is 6.19. The number of carbonyl (C=O) groups excluding carboxylic acids is 1. The van der Waals surface area contributed by atoms with E-state index in [0.717, 1.165) is 23.3 Å². The van der Waals surface area contributed by atoms with Gasteiger partial charge in [-0.15, -0.1) is 10.2 Å². The van der Waals surface area contributed by atoms with Crippen LogP contribution in [-0.2, 0) is 18.7 Å². The minimum Gasteiger partial charge on any atom is -0.474 e. The third-order valence-corrected chi connectivity index (χ3v) is 5.19. The number of carbonyl (C=O) groups is 1. The van der Waals surface area contributed by atoms with Crippen LogP contribution in [0, 0.1) is 11.6 Å². The lowest BCUT2D eigenvalue weighted by atomic mass is 10.1. The predicted octanol–water partition coefficient (Wildman–Crippen LogP) is 4.45. The summed E-state index contributed by atoms with van der Waals surface area (Å²) in [5, 5.41) is 11.3. The van der Waals surface area contributed by atoms with Crippen LogP contribution in [0.1, 0.15) is 42.5 Å². The summed E-state index contributed by atoms with van der Waals surface area (Å²) in [7, 11) is 0. The smallest absolute Gasteiger partial charge is 0.251 e. The van der Waals surface area contributed by atoms with Crippen molar-refractivity contribution in [2.45, 2.75) is 39.5 Å². The molecular formula is C21H19ClF2N4O2. The van der Waals surface area contributed by atoms with Crippen LogP contribution in [-0.4, -0.2) is 20.7 Å². The maximum atomic E-state index is 14.2. The monoisotopic (exact) mass is 432 g/mol. The van der Waals surface area contributed by atoms with Crippen molar-refractivity contribution in [1.29, 1.82) is 0 Å². The van der Waals surface area contributed by atoms with E-state index in [2.05, 4.69) is 15.5 Å². The second-order valence-corrected chi connectivity index (χ2v) is 7.89. The van der Waals surface area contributed by atoms with Gasteiger partial charge in [-0.2, -0.15) is 0 Å². The Kier molecular flexibility index (Phi) is 4.97. The van der Waals surface area contributed by atoms with Crippen molar-refractivity contribution < 1.29 is 18.3 Å². The number of nitrogens with one attached hydrogen (secondary N) is 1. The number of amides is 1. The van der Waals surface area contributed by atoms with E-state index in [0.29, 0.717) is 30.3 Å². The molecule has 30 heavy (non-hydrogen) atoms. The van der Waals surface area contributed by atoms with Crippen molar-refractivity contribution in [2.24, 2.45) is 0 Å². The molecule has 0 atom stereocenters. The van der Waals surface area contributed by atoms with E-state index in [1.165, 1.54) is 0 Å². The van der Waals surface area contributed by atoms with Crippen molar-refractivity contribution in [3.05, 3.63) is 63.9 Å². The summed E-state index contributed by atoms with van der Waals surface area (Å²) in [5.74, 6) is -1.44. The van der Waals surface area contributed by atoms with Gasteiger partial charge < -0.3 is 14.6 Å². The second kappa shape index (κ2) is 7.36. The van der Waals surface area contributed by atoms with Crippen molar-refractivity contribution in [2.75, 3.05) is 0 Å². The maximum Gasteiger partial charge on any atom is 0.251 e. The number of aromatic nitrogens is 3. The number of rotatable bonds is 5. The Morgan fingerprint density at radius 3 is 2.57 bits per heavy atom. The number of hydrogen-bond acceptors (Lipinski definition) is 4. The Balaban J connectivity index is 1.72. The van der Waals surface area contributed by atoms with Crippen LogP contribution >= 0.6 is 11.6 Å². The van der Waals surface area contributed by atoms with Crippen molar-refractivity contribution in [3.63, 3.8) is 0 Å². The highest BCUT2D eigenvalue weighted by molar-refractivity contribution is 6.30. The molecule has 1 N–H and O–H groups in total. The molecule has 0 fully saturated rings. The normalized spacial score (nSPS) is 13.3. The molecule has 1 aromatic heterocycles. The first-order valence-corrected chi connectivity index (χ1v) is 9.77. The zero-order chi connectivity index (χ0) is 21.6. The largest absolute Gasteiger partial charge is 0.474 e. The molecule has 2 heterocycles. The van der Waals surface area contributed by atoms with Crippen molar-refractivity contribution in [3.8, 4) is 17.1 Å². The highest BCUT2D eigenvalue weighted by atomic mass is 35.5. The molecule has 0 aliphatic carbocycles. The topological polar surface area (TPSA) is 69.0 Å². The molecule has 9 heteroatoms. The average Bonchev–Trinajstić information content (AvgIpc) is 3.28. The molecule has 0 saturated carbocycles. The van der Waals surface area contributed by atoms with Gasteiger partial charge in [0, 0.05) is 29.2 Å². The van der Waals surface area contributed by atoms with Gasteiger partial charge >= 0.3 is 0 Å². The summed E-state index contributed by atoms with van der Waals surface area (Å²) in [4.78, 5) is 11.8. The first-order chi connectivity index (χ1) is 14.2. The first kappa shape index (κ1) is 20.3. The molecule has 1 aliphatic rings. The molecule has 0 saturated heterocycles. The molecule has 0 bridgehead atoms. The highest BCUT2D eigenvalue weighted by Gasteiger charge is 2.33. The van der Waals surface area contributed by atoms with E-state index in [-0.39, 0.29) is 10.9 Å². The summed E-state index contributed by atoms with van der Waals surface area (Å²) in [6.07, 6.45) is 0. The van der Waals surface area contributed by atoms with E-state index in [4.69, 9.17) is 16.3 Å². The molecule has 1 amide bonds. The molecule has 2 aromatic carbocycles. The SMILES string of the molecule is CCn1c(-c2ccc3c(c2)CNC3=O)nnc1C(C)(C)Oc1c(F)cc(Cl)cc1F. The van der Waals surface area contributed by atoms with Gasteiger partial charge in [-0.05, 0) is 50.6 Å². The lowest BCUT2D eigenvalue weighted by Gasteiger charge is -2.26. The zero-order valence-electron chi connectivity index (χ0n) is 16.6. The Labute approximate surface area is 176 Å². The highest BCUT2D eigenvalue weighted by Crippen LogP contribution is 2.34. The minimum absolute atomic E-state index is 0.0567. The Hall–Kier alpha value is -3.00. The quantitative estimate of drug-likeness (QED) is 0.646. The van der Waals surface area contributed by atoms with Crippen LogP contribution in [0.15, 0.2) is 30.3 Å². The van der Waals surface area contributed by atoms with Gasteiger partial charge in [0.25, 0.3) is 5.91 Å². The summed E-state index contributed by atoms with van der Waals surface area (Å²) in [5.41, 5.74) is 1.11. The predicted molar refractivity (Wildman–Crippen MR) is 107 cm³/mol. The van der Waals surface area contributed by atoms with Gasteiger partial charge in [0.2, 0.25) is 0 Å². The summed E-state index contributed by atoms with van der Waals surface area (Å²) < 4.78 is 36.0. The number of benzene rings is 2. The number of fused-ring (bicyclic) bond motifs is 1. The van der Waals surface area contributed by atoms with Crippen molar-refractivity contribution >= 4 is 17.5 Å². The first-order valence-electron chi connectivity index (χ1n) is 9.40. The third kappa shape index (κ3) is 3.41. The van der Waals surface area contributed by atoms with E-state index >= 15 is 0 Å². The number of ether oxygens (including phenoxy) is 1. The van der Waals surface area contributed by atoms with Crippen LogP contribution in [0.2, 0.25) is 5.02 Å². The second-order valence-electron chi connectivity index (χ2n) is 7.46. The molecule has 6 nitrogen and oxygen atoms in total. The number of hydrogen-bond donors (Lipinski definition) is 1. The zero-order valence-corrected chi connectivity index (χ0v) is 17.3. The van der Waals surface area contributed by atoms with Crippen LogP contribution in [0.3, 0.4) is 0 Å². The van der Waals surface area contributed by atoms with Gasteiger partial charge in [0.1, 0.15) is 0 Å². The van der Waals surface area contributed by atoms with Crippen LogP contribution < -0.4 is 10.1 Å². The number of nitrogens with zero attached hydrogens (tertiary/aromatic N) is 3. The number of halogens is 3. The lowest BCUT2D eigenvalue weighted by molar-refractivity contribution is 0.0827. The van der Waals surface area contributed by atoms with Gasteiger partial charge in [-0.1, -0.05) is 17.7 Å². The standard InChI is InChI=1S/C21H19ClF2N4O2/c1-4-28-18(11-5-6-14-12(7-11)10-25-19(14)29)26-27-20(28)21(2,3)30-17-15(23)8-13(22)9-16(17)24/h5-9H,4,10H2,1-3H3,(H,25,29). The Morgan fingerprint density at radius 2 is 1.90 bits per heavy atom. The molecule has 4 rings (SSSR count). The molecule has 156 valence electrons. The van der Waals surface area contributed by atoms with Gasteiger partial charge in [0.15, 0.2) is 34.6 Å². The Bertz CT molecular complexity index is 1140. The molecule has 0 radical (unpaired) electrons. The van der Waals surface area contributed by atoms with Gasteiger partial charge in [-0.3, -0.25) is 4.79 Å². The average molecular weight is 433 g/mol.